The summed E-state index contributed by atoms with van der Waals surface area (Å²) in [6, 6.07) is 11.5. The van der Waals surface area contributed by atoms with E-state index in [4.69, 9.17) is 19.9 Å². The van der Waals surface area contributed by atoms with E-state index in [1.165, 1.54) is 14.2 Å². The van der Waals surface area contributed by atoms with Crippen LogP contribution in [0.4, 0.5) is 0 Å². The van der Waals surface area contributed by atoms with Gasteiger partial charge in [-0.25, -0.2) is 0 Å². The minimum Gasteiger partial charge on any atom is -0.497 e. The van der Waals surface area contributed by atoms with E-state index in [2.05, 4.69) is 5.32 Å². The number of hydrogen-bond donors (Lipinski definition) is 2. The van der Waals surface area contributed by atoms with E-state index in [1.54, 1.807) is 49.6 Å². The maximum atomic E-state index is 12.7. The fourth-order valence-electron chi connectivity index (χ4n) is 2.63. The number of hydrogen-bond acceptors (Lipinski definition) is 6. The lowest BCUT2D eigenvalue weighted by atomic mass is 10.0. The molecule has 0 aliphatic carbocycles. The van der Waals surface area contributed by atoms with Crippen molar-refractivity contribution in [1.82, 2.24) is 5.32 Å². The minimum atomic E-state index is -0.625. The van der Waals surface area contributed by atoms with Crippen molar-refractivity contribution in [1.29, 1.82) is 0 Å². The van der Waals surface area contributed by atoms with Gasteiger partial charge in [0.05, 0.1) is 33.8 Å². The van der Waals surface area contributed by atoms with Crippen LogP contribution in [-0.4, -0.2) is 33.2 Å². The van der Waals surface area contributed by atoms with Crippen molar-refractivity contribution in [2.75, 3.05) is 21.3 Å². The number of nitrogens with one attached hydrogen (secondary N) is 1. The second kappa shape index (κ2) is 9.59. The summed E-state index contributed by atoms with van der Waals surface area (Å²) in [5.74, 6) is 0.347. The molecule has 0 heterocycles. The maximum absolute atomic E-state index is 12.7. The molecule has 144 valence electrons. The molecule has 0 aromatic heterocycles. The van der Waals surface area contributed by atoms with Crippen LogP contribution in [0.3, 0.4) is 0 Å². The van der Waals surface area contributed by atoms with Gasteiger partial charge in [-0.2, -0.15) is 0 Å². The Hall–Kier alpha value is -3.06. The normalized spacial score (nSPS) is 11.4. The third-order valence-corrected chi connectivity index (χ3v) is 4.17. The molecule has 1 amide bonds. The van der Waals surface area contributed by atoms with Crippen LogP contribution in [-0.2, 0) is 16.1 Å². The first kappa shape index (κ1) is 20.3. The molecule has 0 saturated carbocycles. The molecule has 1 atom stereocenters. The Labute approximate surface area is 158 Å². The predicted octanol–water partition coefficient (Wildman–Crippen LogP) is 2.20. The number of methoxy groups -OCH3 is 3. The van der Waals surface area contributed by atoms with E-state index >= 15 is 0 Å². The lowest BCUT2D eigenvalue weighted by Crippen LogP contribution is -2.30. The van der Waals surface area contributed by atoms with E-state index in [1.807, 2.05) is 0 Å². The van der Waals surface area contributed by atoms with Crippen molar-refractivity contribution in [2.45, 2.75) is 19.0 Å². The molecule has 2 aromatic rings. The molecule has 27 heavy (non-hydrogen) atoms. The number of carbonyl (C=O) groups excluding carboxylic acids is 2. The molecule has 0 aliphatic heterocycles. The molecule has 2 rings (SSSR count). The van der Waals surface area contributed by atoms with Gasteiger partial charge in [0, 0.05) is 23.7 Å². The number of carbonyl (C=O) groups is 2. The van der Waals surface area contributed by atoms with Gasteiger partial charge in [0.1, 0.15) is 11.5 Å². The first-order valence-electron chi connectivity index (χ1n) is 8.41. The van der Waals surface area contributed by atoms with Crippen LogP contribution < -0.4 is 20.5 Å². The van der Waals surface area contributed by atoms with Gasteiger partial charge in [-0.05, 0) is 29.8 Å². The summed E-state index contributed by atoms with van der Waals surface area (Å²) in [7, 11) is 4.37. The van der Waals surface area contributed by atoms with E-state index in [0.29, 0.717) is 29.2 Å². The summed E-state index contributed by atoms with van der Waals surface area (Å²) in [5, 5.41) is 2.87. The molecule has 3 N–H and O–H groups in total. The van der Waals surface area contributed by atoms with Crippen LogP contribution in [0, 0.1) is 0 Å². The average Bonchev–Trinajstić information content (AvgIpc) is 2.72. The molecule has 7 nitrogen and oxygen atoms in total. The highest BCUT2D eigenvalue weighted by atomic mass is 16.5. The van der Waals surface area contributed by atoms with E-state index in [9.17, 15) is 9.59 Å². The summed E-state index contributed by atoms with van der Waals surface area (Å²) < 4.78 is 15.4. The van der Waals surface area contributed by atoms with Gasteiger partial charge in [-0.3, -0.25) is 9.59 Å². The lowest BCUT2D eigenvalue weighted by molar-refractivity contribution is -0.141. The summed E-state index contributed by atoms with van der Waals surface area (Å²) in [6.07, 6.45) is -0.0359. The van der Waals surface area contributed by atoms with Crippen LogP contribution in [0.5, 0.6) is 11.5 Å². The Morgan fingerprint density at radius 1 is 1.04 bits per heavy atom. The van der Waals surface area contributed by atoms with E-state index < -0.39 is 12.0 Å². The molecule has 0 spiro atoms. The molecule has 0 fully saturated rings. The lowest BCUT2D eigenvalue weighted by Gasteiger charge is -2.21. The summed E-state index contributed by atoms with van der Waals surface area (Å²) >= 11 is 0. The fourth-order valence-corrected chi connectivity index (χ4v) is 2.63. The van der Waals surface area contributed by atoms with Gasteiger partial charge in [-0.15, -0.1) is 0 Å². The average molecular weight is 372 g/mol. The van der Waals surface area contributed by atoms with Crippen molar-refractivity contribution in [3.05, 3.63) is 59.2 Å². The molecular formula is C20H24N2O5. The highest BCUT2D eigenvalue weighted by Gasteiger charge is 2.23. The van der Waals surface area contributed by atoms with E-state index in [-0.39, 0.29) is 12.3 Å². The Kier molecular flexibility index (Phi) is 7.19. The van der Waals surface area contributed by atoms with Crippen molar-refractivity contribution in [3.63, 3.8) is 0 Å². The Morgan fingerprint density at radius 2 is 1.74 bits per heavy atom. The first-order chi connectivity index (χ1) is 13.0. The van der Waals surface area contributed by atoms with Gasteiger partial charge < -0.3 is 25.3 Å². The van der Waals surface area contributed by atoms with Gasteiger partial charge in [0.2, 0.25) is 0 Å². The van der Waals surface area contributed by atoms with Gasteiger partial charge >= 0.3 is 5.97 Å². The van der Waals surface area contributed by atoms with Crippen LogP contribution in [0.25, 0.3) is 0 Å². The van der Waals surface area contributed by atoms with Gasteiger partial charge in [0.15, 0.2) is 0 Å². The SMILES string of the molecule is COC(=O)CC(NC(=O)c1ccc(CN)cc1)c1ccc(OC)cc1OC. The Morgan fingerprint density at radius 3 is 2.30 bits per heavy atom. The number of amides is 1. The predicted molar refractivity (Wildman–Crippen MR) is 101 cm³/mol. The van der Waals surface area contributed by atoms with Crippen molar-refractivity contribution < 1.29 is 23.8 Å². The van der Waals surface area contributed by atoms with Crippen molar-refractivity contribution in [3.8, 4) is 11.5 Å². The summed E-state index contributed by atoms with van der Waals surface area (Å²) in [5.41, 5.74) is 7.62. The van der Waals surface area contributed by atoms with Crippen LogP contribution >= 0.6 is 0 Å². The fraction of sp³-hybridized carbons (Fsp3) is 0.300. The minimum absolute atomic E-state index is 0.0359. The molecule has 0 bridgehead atoms. The van der Waals surface area contributed by atoms with Crippen LogP contribution in [0.15, 0.2) is 42.5 Å². The number of rotatable bonds is 8. The van der Waals surface area contributed by atoms with Crippen molar-refractivity contribution in [2.24, 2.45) is 5.73 Å². The smallest absolute Gasteiger partial charge is 0.307 e. The second-order valence-corrected chi connectivity index (χ2v) is 5.82. The third-order valence-electron chi connectivity index (χ3n) is 4.17. The molecule has 1 unspecified atom stereocenters. The zero-order chi connectivity index (χ0) is 19.8. The molecule has 7 heteroatoms. The van der Waals surface area contributed by atoms with Crippen molar-refractivity contribution >= 4 is 11.9 Å². The van der Waals surface area contributed by atoms with Crippen LogP contribution in [0.1, 0.15) is 33.9 Å². The van der Waals surface area contributed by atoms with E-state index in [0.717, 1.165) is 5.56 Å². The highest BCUT2D eigenvalue weighted by Crippen LogP contribution is 2.31. The number of esters is 1. The largest absolute Gasteiger partial charge is 0.497 e. The third kappa shape index (κ3) is 5.21. The molecular weight excluding hydrogens is 348 g/mol. The Balaban J connectivity index is 2.31. The number of benzene rings is 2. The standard InChI is InChI=1S/C20H24N2O5/c1-25-15-8-9-16(18(10-15)26-2)17(11-19(23)27-3)22-20(24)14-6-4-13(12-21)5-7-14/h4-10,17H,11-12,21H2,1-3H3,(H,22,24). The first-order valence-corrected chi connectivity index (χ1v) is 8.41. The maximum Gasteiger partial charge on any atom is 0.307 e. The van der Waals surface area contributed by atoms with Gasteiger partial charge in [-0.1, -0.05) is 12.1 Å². The Bertz CT molecular complexity index is 789. The number of ether oxygens (including phenoxy) is 3. The zero-order valence-electron chi connectivity index (χ0n) is 15.7. The quantitative estimate of drug-likeness (QED) is 0.689. The monoisotopic (exact) mass is 372 g/mol. The highest BCUT2D eigenvalue weighted by molar-refractivity contribution is 5.94. The topological polar surface area (TPSA) is 99.9 Å². The molecule has 2 aromatic carbocycles. The second-order valence-electron chi connectivity index (χ2n) is 5.82. The van der Waals surface area contributed by atoms with Crippen LogP contribution in [0.2, 0.25) is 0 Å². The number of nitrogens with two attached hydrogens (primary N) is 1. The molecule has 0 aliphatic rings. The van der Waals surface area contributed by atoms with Gasteiger partial charge in [0.25, 0.3) is 5.91 Å². The zero-order valence-corrected chi connectivity index (χ0v) is 15.7. The summed E-state index contributed by atoms with van der Waals surface area (Å²) in [4.78, 5) is 24.5. The summed E-state index contributed by atoms with van der Waals surface area (Å²) in [6.45, 7) is 0.399. The molecule has 0 saturated heterocycles. The molecule has 0 radical (unpaired) electrons.